The molecular weight excluding hydrogens is 281 g/mol. The van der Waals surface area contributed by atoms with Crippen molar-refractivity contribution in [3.05, 3.63) is 47.2 Å². The summed E-state index contributed by atoms with van der Waals surface area (Å²) in [5.41, 5.74) is 7.72. The first-order chi connectivity index (χ1) is 9.60. The van der Waals surface area contributed by atoms with E-state index in [0.29, 0.717) is 27.5 Å². The van der Waals surface area contributed by atoms with Crippen molar-refractivity contribution in [2.24, 2.45) is 0 Å². The molecule has 3 rings (SSSR count). The number of rotatable bonds is 2. The van der Waals surface area contributed by atoms with Crippen molar-refractivity contribution in [2.75, 3.05) is 12.8 Å². The normalized spacial score (nSPS) is 10.9. The lowest BCUT2D eigenvalue weighted by atomic mass is 10.2. The Kier molecular flexibility index (Phi) is 2.99. The van der Waals surface area contributed by atoms with E-state index in [-0.39, 0.29) is 11.8 Å². The summed E-state index contributed by atoms with van der Waals surface area (Å²) in [5, 5.41) is 0.526. The van der Waals surface area contributed by atoms with Gasteiger partial charge in [-0.1, -0.05) is 11.6 Å². The maximum absolute atomic E-state index is 13.5. The van der Waals surface area contributed by atoms with Gasteiger partial charge in [0.05, 0.1) is 23.8 Å². The number of anilines is 1. The van der Waals surface area contributed by atoms with Crippen LogP contribution >= 0.6 is 11.6 Å². The van der Waals surface area contributed by atoms with Gasteiger partial charge in [-0.2, -0.15) is 0 Å². The maximum Gasteiger partial charge on any atom is 0.206 e. The van der Waals surface area contributed by atoms with Crippen molar-refractivity contribution in [1.29, 1.82) is 0 Å². The third-order valence-corrected chi connectivity index (χ3v) is 3.26. The zero-order valence-corrected chi connectivity index (χ0v) is 11.4. The molecule has 4 nitrogen and oxygen atoms in total. The second kappa shape index (κ2) is 4.68. The van der Waals surface area contributed by atoms with Gasteiger partial charge >= 0.3 is 0 Å². The van der Waals surface area contributed by atoms with Gasteiger partial charge in [-0.15, -0.1) is 0 Å². The van der Waals surface area contributed by atoms with Crippen molar-refractivity contribution in [3.63, 3.8) is 0 Å². The molecule has 0 radical (unpaired) electrons. The molecule has 0 atom stereocenters. The molecule has 0 spiro atoms. The molecule has 0 aliphatic heterocycles. The molecule has 0 amide bonds. The van der Waals surface area contributed by atoms with E-state index < -0.39 is 0 Å². The first kappa shape index (κ1) is 12.7. The molecule has 3 aromatic rings. The van der Waals surface area contributed by atoms with E-state index >= 15 is 0 Å². The van der Waals surface area contributed by atoms with Crippen molar-refractivity contribution in [3.8, 4) is 11.4 Å². The van der Waals surface area contributed by atoms with Gasteiger partial charge in [-0.25, -0.2) is 9.37 Å². The molecule has 6 heteroatoms. The van der Waals surface area contributed by atoms with Crippen molar-refractivity contribution >= 4 is 28.6 Å². The van der Waals surface area contributed by atoms with Gasteiger partial charge in [0.1, 0.15) is 11.6 Å². The lowest BCUT2D eigenvalue weighted by Gasteiger charge is -2.12. The molecule has 2 N–H and O–H groups in total. The standard InChI is InChI=1S/C14H11ClFN3O/c1-20-13-5-2-8(15)6-12(13)19-11-7-9(16)3-4-10(11)18-14(19)17/h2-7H,1H3,(H2,17,18). The topological polar surface area (TPSA) is 53.1 Å². The summed E-state index contributed by atoms with van der Waals surface area (Å²) >= 11 is 6.02. The summed E-state index contributed by atoms with van der Waals surface area (Å²) in [6.45, 7) is 0. The third kappa shape index (κ3) is 1.96. The number of benzene rings is 2. The SMILES string of the molecule is COc1ccc(Cl)cc1-n1c(N)nc2ccc(F)cc21. The quantitative estimate of drug-likeness (QED) is 0.787. The highest BCUT2D eigenvalue weighted by Crippen LogP contribution is 2.31. The number of hydrogen-bond acceptors (Lipinski definition) is 3. The molecule has 102 valence electrons. The van der Waals surface area contributed by atoms with Crippen LogP contribution in [0.25, 0.3) is 16.7 Å². The average Bonchev–Trinajstić information content (AvgIpc) is 2.74. The van der Waals surface area contributed by atoms with Crippen LogP contribution in [0, 0.1) is 5.82 Å². The Labute approximate surface area is 119 Å². The fraction of sp³-hybridized carbons (Fsp3) is 0.0714. The second-order valence-corrected chi connectivity index (χ2v) is 4.69. The number of nitrogen functional groups attached to an aromatic ring is 1. The number of nitrogens with zero attached hydrogens (tertiary/aromatic N) is 2. The second-order valence-electron chi connectivity index (χ2n) is 4.25. The lowest BCUT2D eigenvalue weighted by molar-refractivity contribution is 0.413. The van der Waals surface area contributed by atoms with Crippen LogP contribution in [0.4, 0.5) is 10.3 Å². The van der Waals surface area contributed by atoms with Gasteiger partial charge in [0.2, 0.25) is 5.95 Å². The summed E-state index contributed by atoms with van der Waals surface area (Å²) in [7, 11) is 1.54. The van der Waals surface area contributed by atoms with Crippen molar-refractivity contribution in [1.82, 2.24) is 9.55 Å². The average molecular weight is 292 g/mol. The Morgan fingerprint density at radius 3 is 2.80 bits per heavy atom. The monoisotopic (exact) mass is 291 g/mol. The maximum atomic E-state index is 13.5. The molecule has 20 heavy (non-hydrogen) atoms. The molecule has 2 aromatic carbocycles. The summed E-state index contributed by atoms with van der Waals surface area (Å²) in [6, 6.07) is 9.42. The third-order valence-electron chi connectivity index (χ3n) is 3.02. The molecular formula is C14H11ClFN3O. The van der Waals surface area contributed by atoms with E-state index in [2.05, 4.69) is 4.98 Å². The van der Waals surface area contributed by atoms with Gasteiger partial charge in [-0.3, -0.25) is 4.57 Å². The first-order valence-electron chi connectivity index (χ1n) is 5.87. The summed E-state index contributed by atoms with van der Waals surface area (Å²) < 4.78 is 20.4. The number of hydrogen-bond donors (Lipinski definition) is 1. The summed E-state index contributed by atoms with van der Waals surface area (Å²) in [4.78, 5) is 4.21. The van der Waals surface area contributed by atoms with Crippen LogP contribution in [-0.4, -0.2) is 16.7 Å². The lowest BCUT2D eigenvalue weighted by Crippen LogP contribution is -2.03. The highest BCUT2D eigenvalue weighted by Gasteiger charge is 2.15. The number of ether oxygens (including phenoxy) is 1. The Morgan fingerprint density at radius 1 is 1.25 bits per heavy atom. The minimum absolute atomic E-state index is 0.242. The van der Waals surface area contributed by atoms with Gasteiger partial charge in [-0.05, 0) is 30.3 Å². The van der Waals surface area contributed by atoms with Crippen LogP contribution in [-0.2, 0) is 0 Å². The Morgan fingerprint density at radius 2 is 2.05 bits per heavy atom. The predicted octanol–water partition coefficient (Wildman–Crippen LogP) is 3.41. The first-order valence-corrected chi connectivity index (χ1v) is 6.25. The van der Waals surface area contributed by atoms with Gasteiger partial charge in [0.25, 0.3) is 0 Å². The fourth-order valence-electron chi connectivity index (χ4n) is 2.16. The minimum Gasteiger partial charge on any atom is -0.495 e. The van der Waals surface area contributed by atoms with E-state index in [0.717, 1.165) is 0 Å². The largest absolute Gasteiger partial charge is 0.495 e. The summed E-state index contributed by atoms with van der Waals surface area (Å²) in [5.74, 6) is 0.454. The fourth-order valence-corrected chi connectivity index (χ4v) is 2.32. The van der Waals surface area contributed by atoms with Crippen molar-refractivity contribution < 1.29 is 9.13 Å². The number of methoxy groups -OCH3 is 1. The van der Waals surface area contributed by atoms with E-state index in [1.165, 1.54) is 12.1 Å². The Hall–Kier alpha value is -2.27. The predicted molar refractivity (Wildman–Crippen MR) is 77.0 cm³/mol. The van der Waals surface area contributed by atoms with Gasteiger partial charge in [0.15, 0.2) is 0 Å². The Balaban J connectivity index is 2.37. The number of imidazole rings is 1. The zero-order valence-electron chi connectivity index (χ0n) is 10.6. The zero-order chi connectivity index (χ0) is 14.3. The smallest absolute Gasteiger partial charge is 0.206 e. The number of aromatic nitrogens is 2. The molecule has 0 saturated heterocycles. The molecule has 0 aliphatic carbocycles. The molecule has 1 heterocycles. The van der Waals surface area contributed by atoms with E-state index in [1.54, 1.807) is 35.9 Å². The molecule has 0 aliphatic rings. The van der Waals surface area contributed by atoms with E-state index in [4.69, 9.17) is 22.1 Å². The highest BCUT2D eigenvalue weighted by molar-refractivity contribution is 6.30. The van der Waals surface area contributed by atoms with Crippen LogP contribution in [0.1, 0.15) is 0 Å². The Bertz CT molecular complexity index is 800. The molecule has 0 fully saturated rings. The molecule has 0 bridgehead atoms. The van der Waals surface area contributed by atoms with E-state index in [9.17, 15) is 4.39 Å². The van der Waals surface area contributed by atoms with Gasteiger partial charge < -0.3 is 10.5 Å². The van der Waals surface area contributed by atoms with Crippen LogP contribution in [0.3, 0.4) is 0 Å². The summed E-state index contributed by atoms with van der Waals surface area (Å²) in [6.07, 6.45) is 0. The minimum atomic E-state index is -0.361. The van der Waals surface area contributed by atoms with Gasteiger partial charge in [0, 0.05) is 11.1 Å². The van der Waals surface area contributed by atoms with E-state index in [1.807, 2.05) is 0 Å². The molecule has 0 saturated carbocycles. The number of fused-ring (bicyclic) bond motifs is 1. The van der Waals surface area contributed by atoms with Crippen LogP contribution in [0.15, 0.2) is 36.4 Å². The molecule has 0 unspecified atom stereocenters. The van der Waals surface area contributed by atoms with Crippen LogP contribution in [0.5, 0.6) is 5.75 Å². The van der Waals surface area contributed by atoms with Crippen LogP contribution < -0.4 is 10.5 Å². The van der Waals surface area contributed by atoms with Crippen LogP contribution in [0.2, 0.25) is 5.02 Å². The number of halogens is 2. The van der Waals surface area contributed by atoms with Crippen molar-refractivity contribution in [2.45, 2.75) is 0 Å². The molecule has 1 aromatic heterocycles. The highest BCUT2D eigenvalue weighted by atomic mass is 35.5. The number of nitrogens with two attached hydrogens (primary N) is 1.